The van der Waals surface area contributed by atoms with Crippen molar-refractivity contribution >= 4 is 0 Å². The van der Waals surface area contributed by atoms with Gasteiger partial charge in [0.15, 0.2) is 0 Å². The largest absolute Gasteiger partial charge is 0.496 e. The fraction of sp³-hybridized carbons (Fsp3) is 0.455. The zero-order valence-corrected chi connectivity index (χ0v) is 8.87. The molecule has 0 unspecified atom stereocenters. The van der Waals surface area contributed by atoms with Crippen LogP contribution in [0.25, 0.3) is 0 Å². The van der Waals surface area contributed by atoms with E-state index in [1.165, 1.54) is 0 Å². The molecule has 0 heterocycles. The van der Waals surface area contributed by atoms with E-state index in [4.69, 9.17) is 9.84 Å². The molecule has 3 nitrogen and oxygen atoms in total. The van der Waals surface area contributed by atoms with Gasteiger partial charge in [-0.2, -0.15) is 0 Å². The highest BCUT2D eigenvalue weighted by atomic mass is 16.5. The Balaban J connectivity index is 3.01. The number of rotatable bonds is 4. The minimum atomic E-state index is 0.00739. The monoisotopic (exact) mass is 195 g/mol. The van der Waals surface area contributed by atoms with Gasteiger partial charge in [-0.3, -0.25) is 0 Å². The van der Waals surface area contributed by atoms with Crippen molar-refractivity contribution in [2.24, 2.45) is 0 Å². The average Bonchev–Trinajstić information content (AvgIpc) is 2.26. The third kappa shape index (κ3) is 2.25. The highest BCUT2D eigenvalue weighted by Crippen LogP contribution is 2.22. The Morgan fingerprint density at radius 1 is 1.50 bits per heavy atom. The zero-order valence-electron chi connectivity index (χ0n) is 8.87. The topological polar surface area (TPSA) is 41.5 Å². The molecule has 0 spiro atoms. The van der Waals surface area contributed by atoms with E-state index in [1.54, 1.807) is 7.11 Å². The van der Waals surface area contributed by atoms with Crippen LogP contribution in [0.4, 0.5) is 0 Å². The standard InChI is InChI=1S/C11H17NO2/c1-8(12-2)9-4-5-11(14-3)10(6-9)7-13/h4-6,8,12-13H,7H2,1-3H3/t8-/m1/s1. The van der Waals surface area contributed by atoms with Crippen molar-refractivity contribution in [3.63, 3.8) is 0 Å². The van der Waals surface area contributed by atoms with Crippen LogP contribution in [0.1, 0.15) is 24.1 Å². The quantitative estimate of drug-likeness (QED) is 0.764. The number of methoxy groups -OCH3 is 1. The molecular formula is C11H17NO2. The highest BCUT2D eigenvalue weighted by Gasteiger charge is 2.07. The summed E-state index contributed by atoms with van der Waals surface area (Å²) in [6, 6.07) is 6.12. The van der Waals surface area contributed by atoms with Crippen molar-refractivity contribution in [2.45, 2.75) is 19.6 Å². The van der Waals surface area contributed by atoms with Gasteiger partial charge in [0.2, 0.25) is 0 Å². The third-order valence-corrected chi connectivity index (χ3v) is 2.41. The summed E-state index contributed by atoms with van der Waals surface area (Å²) >= 11 is 0. The van der Waals surface area contributed by atoms with E-state index in [1.807, 2.05) is 25.2 Å². The van der Waals surface area contributed by atoms with Crippen LogP contribution in [0.3, 0.4) is 0 Å². The molecule has 3 heteroatoms. The number of aliphatic hydroxyl groups is 1. The molecular weight excluding hydrogens is 178 g/mol. The number of ether oxygens (including phenoxy) is 1. The molecule has 1 atom stereocenters. The molecule has 2 N–H and O–H groups in total. The lowest BCUT2D eigenvalue weighted by molar-refractivity contribution is 0.273. The molecule has 0 aliphatic rings. The van der Waals surface area contributed by atoms with Gasteiger partial charge in [-0.1, -0.05) is 6.07 Å². The van der Waals surface area contributed by atoms with Gasteiger partial charge in [0.1, 0.15) is 5.75 Å². The first-order chi connectivity index (χ1) is 6.72. The van der Waals surface area contributed by atoms with Gasteiger partial charge in [0.25, 0.3) is 0 Å². The molecule has 0 saturated heterocycles. The Bertz CT molecular complexity index is 299. The third-order valence-electron chi connectivity index (χ3n) is 2.41. The molecule has 0 radical (unpaired) electrons. The molecule has 1 rings (SSSR count). The number of hydrogen-bond acceptors (Lipinski definition) is 3. The molecule has 0 aromatic heterocycles. The second-order valence-corrected chi connectivity index (χ2v) is 3.24. The molecule has 78 valence electrons. The zero-order chi connectivity index (χ0) is 10.6. The lowest BCUT2D eigenvalue weighted by Crippen LogP contribution is -2.12. The van der Waals surface area contributed by atoms with E-state index in [-0.39, 0.29) is 12.6 Å². The molecule has 1 aromatic rings. The van der Waals surface area contributed by atoms with Crippen molar-refractivity contribution in [3.8, 4) is 5.75 Å². The molecule has 0 fully saturated rings. The first-order valence-corrected chi connectivity index (χ1v) is 4.67. The van der Waals surface area contributed by atoms with Crippen LogP contribution in [-0.2, 0) is 6.61 Å². The summed E-state index contributed by atoms with van der Waals surface area (Å²) in [5.41, 5.74) is 1.98. The maximum atomic E-state index is 9.13. The Hall–Kier alpha value is -1.06. The van der Waals surface area contributed by atoms with E-state index in [0.717, 1.165) is 16.9 Å². The van der Waals surface area contributed by atoms with Crippen molar-refractivity contribution in [2.75, 3.05) is 14.2 Å². The Morgan fingerprint density at radius 3 is 2.71 bits per heavy atom. The minimum absolute atomic E-state index is 0.00739. The highest BCUT2D eigenvalue weighted by molar-refractivity contribution is 5.37. The van der Waals surface area contributed by atoms with Crippen LogP contribution in [0, 0.1) is 0 Å². The number of benzene rings is 1. The van der Waals surface area contributed by atoms with Crippen LogP contribution in [0.5, 0.6) is 5.75 Å². The van der Waals surface area contributed by atoms with Gasteiger partial charge < -0.3 is 15.2 Å². The normalized spacial score (nSPS) is 12.6. The average molecular weight is 195 g/mol. The summed E-state index contributed by atoms with van der Waals surface area (Å²) in [5, 5.41) is 12.3. The van der Waals surface area contributed by atoms with Crippen LogP contribution < -0.4 is 10.1 Å². The van der Waals surface area contributed by atoms with Crippen molar-refractivity contribution in [1.82, 2.24) is 5.32 Å². The molecule has 0 aliphatic heterocycles. The first-order valence-electron chi connectivity index (χ1n) is 4.67. The molecule has 14 heavy (non-hydrogen) atoms. The van der Waals surface area contributed by atoms with Gasteiger partial charge in [0.05, 0.1) is 13.7 Å². The van der Waals surface area contributed by atoms with Crippen molar-refractivity contribution in [1.29, 1.82) is 0 Å². The summed E-state index contributed by atoms with van der Waals surface area (Å²) in [6.45, 7) is 2.08. The summed E-state index contributed by atoms with van der Waals surface area (Å²) < 4.78 is 5.12. The number of hydrogen-bond donors (Lipinski definition) is 2. The summed E-state index contributed by atoms with van der Waals surface area (Å²) in [7, 11) is 3.52. The van der Waals surface area contributed by atoms with Gasteiger partial charge in [-0.15, -0.1) is 0 Å². The predicted molar refractivity (Wildman–Crippen MR) is 56.4 cm³/mol. The Labute approximate surface area is 84.7 Å². The van der Waals surface area contributed by atoms with Gasteiger partial charge in [-0.05, 0) is 31.7 Å². The predicted octanol–water partition coefficient (Wildman–Crippen LogP) is 1.47. The fourth-order valence-electron chi connectivity index (χ4n) is 1.36. The van der Waals surface area contributed by atoms with Gasteiger partial charge in [0, 0.05) is 11.6 Å². The minimum Gasteiger partial charge on any atom is -0.496 e. The van der Waals surface area contributed by atoms with E-state index >= 15 is 0 Å². The molecule has 0 saturated carbocycles. The van der Waals surface area contributed by atoms with Crippen LogP contribution in [0.15, 0.2) is 18.2 Å². The molecule has 1 aromatic carbocycles. The smallest absolute Gasteiger partial charge is 0.124 e. The van der Waals surface area contributed by atoms with Crippen LogP contribution in [-0.4, -0.2) is 19.3 Å². The van der Waals surface area contributed by atoms with E-state index < -0.39 is 0 Å². The van der Waals surface area contributed by atoms with E-state index in [9.17, 15) is 0 Å². The van der Waals surface area contributed by atoms with E-state index in [0.29, 0.717) is 0 Å². The maximum absolute atomic E-state index is 9.13. The lowest BCUT2D eigenvalue weighted by Gasteiger charge is -2.13. The van der Waals surface area contributed by atoms with Crippen molar-refractivity contribution in [3.05, 3.63) is 29.3 Å². The first kappa shape index (κ1) is 11.0. The van der Waals surface area contributed by atoms with Crippen molar-refractivity contribution < 1.29 is 9.84 Å². The Morgan fingerprint density at radius 2 is 2.21 bits per heavy atom. The van der Waals surface area contributed by atoms with Crippen LogP contribution >= 0.6 is 0 Å². The number of aliphatic hydroxyl groups excluding tert-OH is 1. The van der Waals surface area contributed by atoms with Gasteiger partial charge >= 0.3 is 0 Å². The summed E-state index contributed by atoms with van der Waals surface area (Å²) in [6.07, 6.45) is 0. The SMILES string of the molecule is CN[C@H](C)c1ccc(OC)c(CO)c1. The molecule has 0 amide bonds. The van der Waals surface area contributed by atoms with Crippen LogP contribution in [0.2, 0.25) is 0 Å². The second kappa shape index (κ2) is 4.98. The van der Waals surface area contributed by atoms with Gasteiger partial charge in [-0.25, -0.2) is 0 Å². The summed E-state index contributed by atoms with van der Waals surface area (Å²) in [5.74, 6) is 0.736. The molecule has 0 aliphatic carbocycles. The lowest BCUT2D eigenvalue weighted by atomic mass is 10.0. The number of nitrogens with one attached hydrogen (secondary N) is 1. The molecule has 0 bridgehead atoms. The second-order valence-electron chi connectivity index (χ2n) is 3.24. The summed E-state index contributed by atoms with van der Waals surface area (Å²) in [4.78, 5) is 0. The van der Waals surface area contributed by atoms with E-state index in [2.05, 4.69) is 12.2 Å². The Kier molecular flexibility index (Phi) is 3.92. The fourth-order valence-corrected chi connectivity index (χ4v) is 1.36. The maximum Gasteiger partial charge on any atom is 0.124 e.